The summed E-state index contributed by atoms with van der Waals surface area (Å²) in [5, 5.41) is 11.5. The predicted molar refractivity (Wildman–Crippen MR) is 60.7 cm³/mol. The molecule has 1 fully saturated rings. The second-order valence-corrected chi connectivity index (χ2v) is 4.20. The number of rotatable bonds is 2. The summed E-state index contributed by atoms with van der Waals surface area (Å²) in [5.41, 5.74) is 1.04. The molecule has 0 saturated heterocycles. The maximum Gasteiger partial charge on any atom is 0.280 e. The van der Waals surface area contributed by atoms with Crippen molar-refractivity contribution in [3.63, 3.8) is 0 Å². The molecule has 1 aromatic carbocycles. The SMILES string of the molecule is O=[N+]([O-])c1cc(C2CC2F)nc2ccccc12. The maximum absolute atomic E-state index is 13.0. The number of aromatic nitrogens is 1. The Kier molecular flexibility index (Phi) is 2.07. The number of para-hydroxylation sites is 1. The van der Waals surface area contributed by atoms with Crippen molar-refractivity contribution in [3.05, 3.63) is 46.1 Å². The standard InChI is InChI=1S/C12H9FN2O2/c13-9-5-8(9)11-6-12(15(16)17)7-3-1-2-4-10(7)14-11/h1-4,6,8-9H,5H2. The van der Waals surface area contributed by atoms with Crippen LogP contribution in [0.2, 0.25) is 0 Å². The molecule has 5 heteroatoms. The quantitative estimate of drug-likeness (QED) is 0.590. The highest BCUT2D eigenvalue weighted by atomic mass is 19.1. The zero-order valence-electron chi connectivity index (χ0n) is 8.84. The van der Waals surface area contributed by atoms with E-state index in [1.807, 2.05) is 0 Å². The van der Waals surface area contributed by atoms with Gasteiger partial charge in [0.25, 0.3) is 5.69 Å². The first-order valence-electron chi connectivity index (χ1n) is 5.35. The molecule has 2 aromatic rings. The Morgan fingerprint density at radius 3 is 2.76 bits per heavy atom. The number of halogens is 1. The number of nitro groups is 1. The van der Waals surface area contributed by atoms with Gasteiger partial charge in [0, 0.05) is 12.0 Å². The van der Waals surface area contributed by atoms with Gasteiger partial charge >= 0.3 is 0 Å². The molecule has 86 valence electrons. The predicted octanol–water partition coefficient (Wildman–Crippen LogP) is 2.97. The summed E-state index contributed by atoms with van der Waals surface area (Å²) >= 11 is 0. The second-order valence-electron chi connectivity index (χ2n) is 4.20. The van der Waals surface area contributed by atoms with Crippen LogP contribution in [0.5, 0.6) is 0 Å². The number of hydrogen-bond acceptors (Lipinski definition) is 3. The third kappa shape index (κ3) is 1.63. The van der Waals surface area contributed by atoms with Crippen molar-refractivity contribution in [2.24, 2.45) is 0 Å². The van der Waals surface area contributed by atoms with Crippen LogP contribution >= 0.6 is 0 Å². The molecule has 1 aliphatic rings. The fourth-order valence-corrected chi connectivity index (χ4v) is 1.99. The number of hydrogen-bond donors (Lipinski definition) is 0. The number of pyridine rings is 1. The number of nitrogens with zero attached hydrogens (tertiary/aromatic N) is 2. The first-order valence-corrected chi connectivity index (χ1v) is 5.35. The van der Waals surface area contributed by atoms with E-state index in [1.165, 1.54) is 6.07 Å². The van der Waals surface area contributed by atoms with E-state index in [0.29, 0.717) is 23.0 Å². The number of fused-ring (bicyclic) bond motifs is 1. The van der Waals surface area contributed by atoms with E-state index in [-0.39, 0.29) is 11.6 Å². The average molecular weight is 232 g/mol. The normalized spacial score (nSPS) is 22.6. The second kappa shape index (κ2) is 3.48. The van der Waals surface area contributed by atoms with Gasteiger partial charge < -0.3 is 0 Å². The monoisotopic (exact) mass is 232 g/mol. The van der Waals surface area contributed by atoms with Gasteiger partial charge in [-0.1, -0.05) is 12.1 Å². The molecule has 3 rings (SSSR count). The fourth-order valence-electron chi connectivity index (χ4n) is 1.99. The molecular formula is C12H9FN2O2. The Balaban J connectivity index is 2.24. The van der Waals surface area contributed by atoms with E-state index >= 15 is 0 Å². The van der Waals surface area contributed by atoms with E-state index in [9.17, 15) is 14.5 Å². The van der Waals surface area contributed by atoms with Crippen molar-refractivity contribution in [2.45, 2.75) is 18.5 Å². The molecule has 2 unspecified atom stereocenters. The van der Waals surface area contributed by atoms with Crippen molar-refractivity contribution < 1.29 is 9.31 Å². The van der Waals surface area contributed by atoms with Crippen molar-refractivity contribution in [3.8, 4) is 0 Å². The smallest absolute Gasteiger partial charge is 0.258 e. The van der Waals surface area contributed by atoms with Crippen molar-refractivity contribution in [1.82, 2.24) is 4.98 Å². The molecule has 1 aliphatic carbocycles. The van der Waals surface area contributed by atoms with Gasteiger partial charge in [-0.05, 0) is 18.6 Å². The Bertz CT molecular complexity index is 614. The van der Waals surface area contributed by atoms with Gasteiger partial charge in [0.1, 0.15) is 6.17 Å². The highest BCUT2D eigenvalue weighted by Gasteiger charge is 2.41. The van der Waals surface area contributed by atoms with Crippen LogP contribution in [0, 0.1) is 10.1 Å². The van der Waals surface area contributed by atoms with Crippen LogP contribution in [-0.4, -0.2) is 16.1 Å². The van der Waals surface area contributed by atoms with Gasteiger partial charge in [0.15, 0.2) is 0 Å². The molecule has 4 nitrogen and oxygen atoms in total. The zero-order chi connectivity index (χ0) is 12.0. The lowest BCUT2D eigenvalue weighted by Gasteiger charge is -2.02. The van der Waals surface area contributed by atoms with E-state index in [1.54, 1.807) is 24.3 Å². The largest absolute Gasteiger partial charge is 0.280 e. The lowest BCUT2D eigenvalue weighted by Crippen LogP contribution is -1.96. The molecule has 0 radical (unpaired) electrons. The van der Waals surface area contributed by atoms with Crippen LogP contribution < -0.4 is 0 Å². The summed E-state index contributed by atoms with van der Waals surface area (Å²) in [6, 6.07) is 8.26. The van der Waals surface area contributed by atoms with Gasteiger partial charge in [-0.3, -0.25) is 15.1 Å². The van der Waals surface area contributed by atoms with E-state index < -0.39 is 11.1 Å². The molecule has 1 saturated carbocycles. The Morgan fingerprint density at radius 1 is 1.41 bits per heavy atom. The van der Waals surface area contributed by atoms with Crippen LogP contribution in [0.1, 0.15) is 18.0 Å². The minimum atomic E-state index is -0.900. The van der Waals surface area contributed by atoms with Crippen molar-refractivity contribution in [2.75, 3.05) is 0 Å². The topological polar surface area (TPSA) is 56.0 Å². The zero-order valence-corrected chi connectivity index (χ0v) is 8.84. The molecule has 17 heavy (non-hydrogen) atoms. The van der Waals surface area contributed by atoms with Gasteiger partial charge in [-0.2, -0.15) is 0 Å². The lowest BCUT2D eigenvalue weighted by molar-refractivity contribution is -0.383. The fraction of sp³-hybridized carbons (Fsp3) is 0.250. The first-order chi connectivity index (χ1) is 8.16. The summed E-state index contributed by atoms with van der Waals surface area (Å²) in [6.45, 7) is 0. The molecule has 0 amide bonds. The van der Waals surface area contributed by atoms with E-state index in [0.717, 1.165) is 0 Å². The molecule has 1 heterocycles. The van der Waals surface area contributed by atoms with Crippen LogP contribution in [-0.2, 0) is 0 Å². The van der Waals surface area contributed by atoms with Gasteiger partial charge in [-0.25, -0.2) is 4.39 Å². The Labute approximate surface area is 96.2 Å². The number of benzene rings is 1. The van der Waals surface area contributed by atoms with Gasteiger partial charge in [0.2, 0.25) is 0 Å². The molecule has 0 spiro atoms. The van der Waals surface area contributed by atoms with Crippen LogP contribution in [0.15, 0.2) is 30.3 Å². The third-order valence-electron chi connectivity index (χ3n) is 3.00. The van der Waals surface area contributed by atoms with Crippen LogP contribution in [0.3, 0.4) is 0 Å². The summed E-state index contributed by atoms with van der Waals surface area (Å²) < 4.78 is 13.0. The minimum absolute atomic E-state index is 0.00435. The van der Waals surface area contributed by atoms with E-state index in [4.69, 9.17) is 0 Å². The molecule has 0 aliphatic heterocycles. The third-order valence-corrected chi connectivity index (χ3v) is 3.00. The van der Waals surface area contributed by atoms with Gasteiger partial charge in [0.05, 0.1) is 21.5 Å². The van der Waals surface area contributed by atoms with E-state index in [2.05, 4.69) is 4.98 Å². The highest BCUT2D eigenvalue weighted by molar-refractivity contribution is 5.88. The minimum Gasteiger partial charge on any atom is -0.258 e. The summed E-state index contributed by atoms with van der Waals surface area (Å²) in [6.07, 6.45) is -0.481. The molecule has 0 N–H and O–H groups in total. The lowest BCUT2D eigenvalue weighted by atomic mass is 10.1. The Morgan fingerprint density at radius 2 is 2.12 bits per heavy atom. The first kappa shape index (κ1) is 10.1. The van der Waals surface area contributed by atoms with Crippen molar-refractivity contribution >= 4 is 16.6 Å². The maximum atomic E-state index is 13.0. The molecule has 0 bridgehead atoms. The summed E-state index contributed by atoms with van der Waals surface area (Å²) in [4.78, 5) is 14.8. The van der Waals surface area contributed by atoms with Crippen LogP contribution in [0.25, 0.3) is 10.9 Å². The molecule has 2 atom stereocenters. The van der Waals surface area contributed by atoms with Crippen LogP contribution in [0.4, 0.5) is 10.1 Å². The Hall–Kier alpha value is -2.04. The highest BCUT2D eigenvalue weighted by Crippen LogP contribution is 2.44. The summed E-state index contributed by atoms with van der Waals surface area (Å²) in [5.74, 6) is -0.265. The molecule has 1 aromatic heterocycles. The average Bonchev–Trinajstić information content (AvgIpc) is 3.05. The number of alkyl halides is 1. The van der Waals surface area contributed by atoms with Crippen molar-refractivity contribution in [1.29, 1.82) is 0 Å². The summed E-state index contributed by atoms with van der Waals surface area (Å²) in [7, 11) is 0. The van der Waals surface area contributed by atoms with Gasteiger partial charge in [-0.15, -0.1) is 0 Å². The molecular weight excluding hydrogens is 223 g/mol.